The molecule has 0 aliphatic heterocycles. The van der Waals surface area contributed by atoms with Crippen LogP contribution in [0, 0.1) is 13.8 Å². The van der Waals surface area contributed by atoms with Gasteiger partial charge in [0.05, 0.1) is 13.2 Å². The molecule has 0 spiro atoms. The van der Waals surface area contributed by atoms with E-state index >= 15 is 0 Å². The van der Waals surface area contributed by atoms with Crippen LogP contribution in [0.15, 0.2) is 92.0 Å². The van der Waals surface area contributed by atoms with Crippen molar-refractivity contribution in [2.24, 2.45) is 0 Å². The zero-order chi connectivity index (χ0) is 29.5. The number of carbonyl (C=O) groups is 2. The second kappa shape index (κ2) is 16.9. The van der Waals surface area contributed by atoms with Gasteiger partial charge in [0, 0.05) is 29.2 Å². The standard InChI is InChI=1S/C36H43NO4/c1-5-35(38)40-24-11-7-9-14-30-19-22-32(23-20-30)37(34-21-18-28(3)29(4)26-34)33-17-13-16-31(27-33)15-10-8-12-25-41-36(39)6-2/h5-6,13,16-23,26-27H,1-2,7-12,14-15,24-25H2,3-4H3. The molecule has 0 aromatic heterocycles. The molecule has 41 heavy (non-hydrogen) atoms. The molecule has 0 fully saturated rings. The molecule has 0 radical (unpaired) electrons. The van der Waals surface area contributed by atoms with E-state index in [1.54, 1.807) is 0 Å². The summed E-state index contributed by atoms with van der Waals surface area (Å²) in [5, 5.41) is 0. The Labute approximate surface area is 245 Å². The number of nitrogens with zero attached hydrogens (tertiary/aromatic N) is 1. The van der Waals surface area contributed by atoms with E-state index in [2.05, 4.69) is 98.6 Å². The number of anilines is 3. The van der Waals surface area contributed by atoms with Crippen LogP contribution in [0.3, 0.4) is 0 Å². The van der Waals surface area contributed by atoms with Gasteiger partial charge >= 0.3 is 11.9 Å². The lowest BCUT2D eigenvalue weighted by molar-refractivity contribution is -0.138. The summed E-state index contributed by atoms with van der Waals surface area (Å²) in [6, 6.07) is 24.2. The van der Waals surface area contributed by atoms with Crippen molar-refractivity contribution in [3.05, 3.63) is 114 Å². The van der Waals surface area contributed by atoms with Gasteiger partial charge in [-0.15, -0.1) is 0 Å². The number of carbonyl (C=O) groups excluding carboxylic acids is 2. The van der Waals surface area contributed by atoms with Crippen molar-refractivity contribution in [2.75, 3.05) is 18.1 Å². The first-order valence-corrected chi connectivity index (χ1v) is 14.5. The molecule has 0 bridgehead atoms. The Kier molecular flexibility index (Phi) is 12.9. The van der Waals surface area contributed by atoms with E-state index in [0.717, 1.165) is 68.4 Å². The molecular formula is C36H43NO4. The van der Waals surface area contributed by atoms with Crippen LogP contribution in [-0.2, 0) is 31.9 Å². The SMILES string of the molecule is C=CC(=O)OCCCCCc1ccc(N(c2cccc(CCCCCOC(=O)C=C)c2)c2ccc(C)c(C)c2)cc1. The van der Waals surface area contributed by atoms with Crippen LogP contribution in [-0.4, -0.2) is 25.2 Å². The second-order valence-electron chi connectivity index (χ2n) is 10.3. The molecule has 3 rings (SSSR count). The summed E-state index contributed by atoms with van der Waals surface area (Å²) >= 11 is 0. The van der Waals surface area contributed by atoms with Gasteiger partial charge in [-0.05, 0) is 124 Å². The fourth-order valence-electron chi connectivity index (χ4n) is 4.65. The molecule has 0 saturated heterocycles. The highest BCUT2D eigenvalue weighted by Gasteiger charge is 2.14. The second-order valence-corrected chi connectivity index (χ2v) is 10.3. The van der Waals surface area contributed by atoms with Crippen LogP contribution in [0.25, 0.3) is 0 Å². The number of rotatable bonds is 17. The van der Waals surface area contributed by atoms with Crippen molar-refractivity contribution in [1.82, 2.24) is 0 Å². The highest BCUT2D eigenvalue weighted by molar-refractivity contribution is 5.81. The van der Waals surface area contributed by atoms with E-state index in [-0.39, 0.29) is 11.9 Å². The number of unbranched alkanes of at least 4 members (excludes halogenated alkanes) is 4. The first kappa shape index (κ1) is 31.4. The number of esters is 2. The van der Waals surface area contributed by atoms with Crippen LogP contribution in [0.1, 0.15) is 60.8 Å². The van der Waals surface area contributed by atoms with Crippen molar-refractivity contribution >= 4 is 29.0 Å². The smallest absolute Gasteiger partial charge is 0.330 e. The van der Waals surface area contributed by atoms with Gasteiger partial charge in [-0.2, -0.15) is 0 Å². The zero-order valence-corrected chi connectivity index (χ0v) is 24.6. The lowest BCUT2D eigenvalue weighted by atomic mass is 10.0. The van der Waals surface area contributed by atoms with E-state index in [1.807, 2.05) is 0 Å². The molecule has 0 unspecified atom stereocenters. The quantitative estimate of drug-likeness (QED) is 0.0951. The molecular weight excluding hydrogens is 510 g/mol. The Bertz CT molecular complexity index is 1300. The molecule has 5 nitrogen and oxygen atoms in total. The third kappa shape index (κ3) is 10.4. The van der Waals surface area contributed by atoms with Crippen LogP contribution in [0.4, 0.5) is 17.1 Å². The van der Waals surface area contributed by atoms with Crippen LogP contribution in [0.2, 0.25) is 0 Å². The number of hydrogen-bond acceptors (Lipinski definition) is 5. The predicted octanol–water partition coefficient (Wildman–Crippen LogP) is 8.66. The maximum absolute atomic E-state index is 11.2. The molecule has 3 aromatic rings. The van der Waals surface area contributed by atoms with Crippen molar-refractivity contribution in [3.63, 3.8) is 0 Å². The molecule has 0 aliphatic carbocycles. The van der Waals surface area contributed by atoms with Crippen LogP contribution >= 0.6 is 0 Å². The Morgan fingerprint density at radius 1 is 0.634 bits per heavy atom. The minimum Gasteiger partial charge on any atom is -0.463 e. The van der Waals surface area contributed by atoms with E-state index in [1.165, 1.54) is 34.4 Å². The number of ether oxygens (including phenoxy) is 2. The van der Waals surface area contributed by atoms with E-state index in [9.17, 15) is 9.59 Å². The molecule has 0 saturated carbocycles. The maximum atomic E-state index is 11.2. The summed E-state index contributed by atoms with van der Waals surface area (Å²) in [4.78, 5) is 24.7. The van der Waals surface area contributed by atoms with E-state index in [0.29, 0.717) is 13.2 Å². The predicted molar refractivity (Wildman–Crippen MR) is 168 cm³/mol. The van der Waals surface area contributed by atoms with Gasteiger partial charge < -0.3 is 14.4 Å². The summed E-state index contributed by atoms with van der Waals surface area (Å²) < 4.78 is 10.1. The molecule has 216 valence electrons. The lowest BCUT2D eigenvalue weighted by Crippen LogP contribution is -2.11. The summed E-state index contributed by atoms with van der Waals surface area (Å²) in [5.74, 6) is -0.718. The van der Waals surface area contributed by atoms with E-state index in [4.69, 9.17) is 9.47 Å². The highest BCUT2D eigenvalue weighted by atomic mass is 16.5. The summed E-state index contributed by atoms with van der Waals surface area (Å²) in [7, 11) is 0. The Balaban J connectivity index is 1.67. The third-order valence-corrected chi connectivity index (χ3v) is 7.15. The fourth-order valence-corrected chi connectivity index (χ4v) is 4.65. The summed E-state index contributed by atoms with van der Waals surface area (Å²) in [6.07, 6.45) is 10.2. The normalized spacial score (nSPS) is 10.6. The Morgan fingerprint density at radius 2 is 1.20 bits per heavy atom. The van der Waals surface area contributed by atoms with Crippen molar-refractivity contribution in [1.29, 1.82) is 0 Å². The fraction of sp³-hybridized carbons (Fsp3) is 0.333. The van der Waals surface area contributed by atoms with Gasteiger partial charge in [-0.3, -0.25) is 0 Å². The molecule has 0 amide bonds. The average Bonchev–Trinajstić information content (AvgIpc) is 2.99. The highest BCUT2D eigenvalue weighted by Crippen LogP contribution is 2.36. The van der Waals surface area contributed by atoms with Crippen molar-refractivity contribution < 1.29 is 19.1 Å². The minimum absolute atomic E-state index is 0.358. The van der Waals surface area contributed by atoms with Gasteiger partial charge in [-0.1, -0.05) is 43.5 Å². The molecule has 0 atom stereocenters. The van der Waals surface area contributed by atoms with Crippen LogP contribution < -0.4 is 4.90 Å². The number of benzene rings is 3. The van der Waals surface area contributed by atoms with Gasteiger partial charge in [0.2, 0.25) is 0 Å². The van der Waals surface area contributed by atoms with Gasteiger partial charge in [-0.25, -0.2) is 9.59 Å². The molecule has 3 aromatic carbocycles. The summed E-state index contributed by atoms with van der Waals surface area (Å²) in [6.45, 7) is 12.0. The topological polar surface area (TPSA) is 55.8 Å². The molecule has 0 aliphatic rings. The third-order valence-electron chi connectivity index (χ3n) is 7.15. The van der Waals surface area contributed by atoms with Gasteiger partial charge in [0.1, 0.15) is 0 Å². The summed E-state index contributed by atoms with van der Waals surface area (Å²) in [5.41, 5.74) is 8.50. The Hall–Kier alpha value is -4.12. The average molecular weight is 554 g/mol. The van der Waals surface area contributed by atoms with Crippen molar-refractivity contribution in [2.45, 2.75) is 65.2 Å². The van der Waals surface area contributed by atoms with Gasteiger partial charge in [0.25, 0.3) is 0 Å². The zero-order valence-electron chi connectivity index (χ0n) is 24.6. The molecule has 0 N–H and O–H groups in total. The first-order valence-electron chi connectivity index (χ1n) is 14.5. The Morgan fingerprint density at radius 3 is 1.78 bits per heavy atom. The largest absolute Gasteiger partial charge is 0.463 e. The minimum atomic E-state index is -0.360. The van der Waals surface area contributed by atoms with E-state index < -0.39 is 0 Å². The number of aryl methyl sites for hydroxylation is 4. The van der Waals surface area contributed by atoms with Crippen molar-refractivity contribution in [3.8, 4) is 0 Å². The van der Waals surface area contributed by atoms with Crippen LogP contribution in [0.5, 0.6) is 0 Å². The lowest BCUT2D eigenvalue weighted by Gasteiger charge is -2.27. The van der Waals surface area contributed by atoms with Gasteiger partial charge in [0.15, 0.2) is 0 Å². The number of hydrogen-bond donors (Lipinski definition) is 0. The molecule has 5 heteroatoms. The maximum Gasteiger partial charge on any atom is 0.330 e. The first-order chi connectivity index (χ1) is 19.9. The molecule has 0 heterocycles. The monoisotopic (exact) mass is 553 g/mol.